The third-order valence-electron chi connectivity index (χ3n) is 2.07. The molecule has 1 amide bonds. The van der Waals surface area contributed by atoms with Gasteiger partial charge in [-0.2, -0.15) is 5.06 Å². The highest BCUT2D eigenvalue weighted by atomic mass is 32.1. The number of hydrogen-bond acceptors (Lipinski definition) is 4. The fourth-order valence-electron chi connectivity index (χ4n) is 1.46. The topological polar surface area (TPSA) is 62.7 Å². The average Bonchev–Trinajstić information content (AvgIpc) is 2.70. The number of hydrogen-bond donors (Lipinski definition) is 1. The van der Waals surface area contributed by atoms with Crippen LogP contribution in [0.4, 0.5) is 4.79 Å². The van der Waals surface area contributed by atoms with Crippen LogP contribution in [0.3, 0.4) is 0 Å². The Morgan fingerprint density at radius 3 is 3.21 bits per heavy atom. The van der Waals surface area contributed by atoms with Crippen LogP contribution in [0.5, 0.6) is 0 Å². The summed E-state index contributed by atoms with van der Waals surface area (Å²) in [7, 11) is 0. The lowest BCUT2D eigenvalue weighted by molar-refractivity contribution is -0.104. The Morgan fingerprint density at radius 2 is 2.64 bits per heavy atom. The molecule has 1 saturated heterocycles. The van der Waals surface area contributed by atoms with Crippen LogP contribution in [-0.4, -0.2) is 27.9 Å². The number of aromatic nitrogens is 1. The van der Waals surface area contributed by atoms with Crippen LogP contribution in [0.2, 0.25) is 0 Å². The van der Waals surface area contributed by atoms with Gasteiger partial charge in [0.25, 0.3) is 0 Å². The monoisotopic (exact) mass is 214 g/mol. The summed E-state index contributed by atoms with van der Waals surface area (Å²) in [6.07, 6.45) is -0.381. The molecular weight excluding hydrogens is 204 g/mol. The van der Waals surface area contributed by atoms with Gasteiger partial charge in [-0.15, -0.1) is 11.3 Å². The van der Waals surface area contributed by atoms with Crippen LogP contribution in [0.15, 0.2) is 5.38 Å². The third kappa shape index (κ3) is 1.58. The van der Waals surface area contributed by atoms with Gasteiger partial charge in [0.2, 0.25) is 0 Å². The van der Waals surface area contributed by atoms with Crippen molar-refractivity contribution in [2.75, 3.05) is 6.61 Å². The van der Waals surface area contributed by atoms with Crippen molar-refractivity contribution in [2.45, 2.75) is 19.4 Å². The summed E-state index contributed by atoms with van der Waals surface area (Å²) >= 11 is 1.52. The van der Waals surface area contributed by atoms with E-state index < -0.39 is 6.09 Å². The first-order valence-electron chi connectivity index (χ1n) is 4.25. The first kappa shape index (κ1) is 9.42. The lowest BCUT2D eigenvalue weighted by atomic mass is 10.2. The second-order valence-corrected chi connectivity index (χ2v) is 4.10. The van der Waals surface area contributed by atoms with E-state index in [9.17, 15) is 4.79 Å². The third-order valence-corrected chi connectivity index (χ3v) is 2.86. The van der Waals surface area contributed by atoms with Gasteiger partial charge >= 0.3 is 6.09 Å². The smallest absolute Gasteiger partial charge is 0.432 e. The predicted molar refractivity (Wildman–Crippen MR) is 50.0 cm³/mol. The summed E-state index contributed by atoms with van der Waals surface area (Å²) in [5, 5.41) is 12.6. The van der Waals surface area contributed by atoms with Gasteiger partial charge in [-0.25, -0.2) is 9.78 Å². The van der Waals surface area contributed by atoms with Gasteiger partial charge < -0.3 is 5.11 Å². The molecule has 0 aromatic carbocycles. The van der Waals surface area contributed by atoms with Gasteiger partial charge in [-0.05, 0) is 6.92 Å². The molecule has 2 rings (SSSR count). The largest absolute Gasteiger partial charge is 0.463 e. The standard InChI is InChI=1S/C8H10N2O3S/c1-5-9-6(4-14-5)7-2-3-13-10(7)8(11)12/h4,7H,2-3H2,1H3,(H,11,12). The van der Waals surface area contributed by atoms with Gasteiger partial charge in [0.15, 0.2) is 0 Å². The van der Waals surface area contributed by atoms with Crippen LogP contribution in [-0.2, 0) is 4.84 Å². The molecule has 6 heteroatoms. The molecular formula is C8H10N2O3S. The number of amides is 1. The Hall–Kier alpha value is -1.14. The minimum atomic E-state index is -1.06. The van der Waals surface area contributed by atoms with E-state index in [1.54, 1.807) is 0 Å². The fraction of sp³-hybridized carbons (Fsp3) is 0.500. The molecule has 0 aliphatic carbocycles. The van der Waals surface area contributed by atoms with Gasteiger partial charge in [-0.1, -0.05) is 0 Å². The molecule has 0 saturated carbocycles. The normalized spacial score (nSPS) is 21.5. The number of carbonyl (C=O) groups is 1. The summed E-state index contributed by atoms with van der Waals surface area (Å²) in [6, 6.07) is -0.238. The van der Waals surface area contributed by atoms with E-state index in [1.807, 2.05) is 12.3 Å². The summed E-state index contributed by atoms with van der Waals surface area (Å²) in [4.78, 5) is 20.0. The Kier molecular flexibility index (Phi) is 2.39. The zero-order valence-corrected chi connectivity index (χ0v) is 8.45. The van der Waals surface area contributed by atoms with Gasteiger partial charge in [0, 0.05) is 11.8 Å². The molecule has 5 nitrogen and oxygen atoms in total. The summed E-state index contributed by atoms with van der Waals surface area (Å²) in [6.45, 7) is 2.34. The number of carboxylic acid groups (broad SMARTS) is 1. The van der Waals surface area contributed by atoms with Crippen molar-refractivity contribution in [3.63, 3.8) is 0 Å². The molecule has 1 aromatic heterocycles. The van der Waals surface area contributed by atoms with Gasteiger partial charge in [0.1, 0.15) is 6.04 Å². The number of rotatable bonds is 1. The maximum atomic E-state index is 10.8. The van der Waals surface area contributed by atoms with E-state index >= 15 is 0 Å². The Labute approximate surface area is 84.9 Å². The van der Waals surface area contributed by atoms with Crippen molar-refractivity contribution in [2.24, 2.45) is 0 Å². The molecule has 1 unspecified atom stereocenters. The quantitative estimate of drug-likeness (QED) is 0.774. The van der Waals surface area contributed by atoms with E-state index in [2.05, 4.69) is 4.98 Å². The highest BCUT2D eigenvalue weighted by molar-refractivity contribution is 7.09. The van der Waals surface area contributed by atoms with Crippen molar-refractivity contribution >= 4 is 17.4 Å². The van der Waals surface area contributed by atoms with E-state index in [4.69, 9.17) is 9.94 Å². The minimum Gasteiger partial charge on any atom is -0.463 e. The van der Waals surface area contributed by atoms with E-state index in [-0.39, 0.29) is 6.04 Å². The highest BCUT2D eigenvalue weighted by Gasteiger charge is 2.32. The molecule has 1 atom stereocenters. The highest BCUT2D eigenvalue weighted by Crippen LogP contribution is 2.30. The van der Waals surface area contributed by atoms with Crippen molar-refractivity contribution in [1.29, 1.82) is 0 Å². The Bertz CT molecular complexity index is 352. The Balaban J connectivity index is 2.21. The number of hydroxylamine groups is 2. The predicted octanol–water partition coefficient (Wildman–Crippen LogP) is 1.81. The average molecular weight is 214 g/mol. The van der Waals surface area contributed by atoms with Crippen molar-refractivity contribution in [3.8, 4) is 0 Å². The van der Waals surface area contributed by atoms with Crippen LogP contribution in [0, 0.1) is 6.92 Å². The Morgan fingerprint density at radius 1 is 1.86 bits per heavy atom. The second kappa shape index (κ2) is 3.55. The summed E-state index contributed by atoms with van der Waals surface area (Å²) in [5.41, 5.74) is 0.785. The van der Waals surface area contributed by atoms with Crippen molar-refractivity contribution < 1.29 is 14.7 Å². The minimum absolute atomic E-state index is 0.238. The molecule has 1 aromatic rings. The van der Waals surface area contributed by atoms with E-state index in [0.29, 0.717) is 13.0 Å². The molecule has 1 aliphatic heterocycles. The summed E-state index contributed by atoms with van der Waals surface area (Å²) < 4.78 is 0. The van der Waals surface area contributed by atoms with Crippen molar-refractivity contribution in [3.05, 3.63) is 16.1 Å². The van der Waals surface area contributed by atoms with Crippen molar-refractivity contribution in [1.82, 2.24) is 10.0 Å². The molecule has 0 radical (unpaired) electrons. The van der Waals surface area contributed by atoms with Crippen LogP contribution in [0.25, 0.3) is 0 Å². The first-order valence-corrected chi connectivity index (χ1v) is 5.13. The number of aryl methyl sites for hydroxylation is 1. The first-order chi connectivity index (χ1) is 6.68. The number of nitrogens with zero attached hydrogens (tertiary/aromatic N) is 2. The zero-order valence-electron chi connectivity index (χ0n) is 7.64. The van der Waals surface area contributed by atoms with Gasteiger partial charge in [0.05, 0.1) is 17.3 Å². The second-order valence-electron chi connectivity index (χ2n) is 3.04. The van der Waals surface area contributed by atoms with E-state index in [1.165, 1.54) is 11.3 Å². The molecule has 76 valence electrons. The van der Waals surface area contributed by atoms with Crippen LogP contribution >= 0.6 is 11.3 Å². The van der Waals surface area contributed by atoms with Crippen LogP contribution in [0.1, 0.15) is 23.2 Å². The molecule has 1 fully saturated rings. The van der Waals surface area contributed by atoms with Crippen LogP contribution < -0.4 is 0 Å². The summed E-state index contributed by atoms with van der Waals surface area (Å²) in [5.74, 6) is 0. The van der Waals surface area contributed by atoms with E-state index in [0.717, 1.165) is 15.8 Å². The number of thiazole rings is 1. The fourth-order valence-corrected chi connectivity index (χ4v) is 2.12. The molecule has 1 aliphatic rings. The van der Waals surface area contributed by atoms with Gasteiger partial charge in [-0.3, -0.25) is 4.84 Å². The lowest BCUT2D eigenvalue weighted by Gasteiger charge is -2.16. The zero-order chi connectivity index (χ0) is 10.1. The maximum Gasteiger partial charge on any atom is 0.432 e. The molecule has 1 N–H and O–H groups in total. The molecule has 14 heavy (non-hydrogen) atoms. The molecule has 2 heterocycles. The maximum absolute atomic E-state index is 10.8. The SMILES string of the molecule is Cc1nc(C2CCON2C(=O)O)cs1. The lowest BCUT2D eigenvalue weighted by Crippen LogP contribution is -2.27. The molecule has 0 spiro atoms. The molecule has 0 bridgehead atoms.